The van der Waals surface area contributed by atoms with Crippen molar-refractivity contribution in [3.63, 3.8) is 0 Å². The van der Waals surface area contributed by atoms with Crippen LogP contribution >= 0.6 is 0 Å². The van der Waals surface area contributed by atoms with Crippen LogP contribution in [0, 0.1) is 5.92 Å². The van der Waals surface area contributed by atoms with Gasteiger partial charge in [0, 0.05) is 0 Å². The lowest BCUT2D eigenvalue weighted by molar-refractivity contribution is -0.180. The molecule has 0 rings (SSSR count). The van der Waals surface area contributed by atoms with E-state index in [1.165, 1.54) is 0 Å². The summed E-state index contributed by atoms with van der Waals surface area (Å²) in [7, 11) is 0.780. The van der Waals surface area contributed by atoms with Crippen LogP contribution in [0.25, 0.3) is 0 Å². The van der Waals surface area contributed by atoms with Crippen LogP contribution in [-0.4, -0.2) is 31.3 Å². The Morgan fingerprint density at radius 2 is 1.85 bits per heavy atom. The summed E-state index contributed by atoms with van der Waals surface area (Å²) < 4.78 is 38.8. The minimum Gasteiger partial charge on any atom is -0.468 e. The van der Waals surface area contributed by atoms with Crippen molar-refractivity contribution >= 4 is 18.0 Å². The summed E-state index contributed by atoms with van der Waals surface area (Å²) in [4.78, 5) is 30.8. The van der Waals surface area contributed by atoms with Crippen molar-refractivity contribution in [2.45, 2.75) is 6.18 Å². The number of methoxy groups -OCH3 is 1. The lowest BCUT2D eigenvalue weighted by atomic mass is 10.1. The second-order valence-electron chi connectivity index (χ2n) is 2.00. The van der Waals surface area contributed by atoms with E-state index < -0.39 is 30.1 Å². The van der Waals surface area contributed by atoms with Crippen LogP contribution in [0.2, 0.25) is 0 Å². The topological polar surface area (TPSA) is 60.4 Å². The molecule has 0 N–H and O–H groups in total. The molecule has 7 heteroatoms. The molecule has 13 heavy (non-hydrogen) atoms. The molecule has 0 aromatic carbocycles. The number of carbonyl (C=O) groups excluding carboxylic acids is 3. The molecule has 0 aliphatic rings. The highest BCUT2D eigenvalue weighted by Gasteiger charge is 2.46. The highest BCUT2D eigenvalue weighted by Crippen LogP contribution is 2.20. The van der Waals surface area contributed by atoms with E-state index >= 15 is 0 Å². The molecule has 0 spiro atoms. The Bertz CT molecular complexity index is 233. The second kappa shape index (κ2) is 4.01. The van der Waals surface area contributed by atoms with Gasteiger partial charge in [-0.2, -0.15) is 13.2 Å². The number of hydrogen-bond donors (Lipinski definition) is 0. The first-order chi connectivity index (χ1) is 5.84. The average Bonchev–Trinajstić information content (AvgIpc) is 2.03. The molecule has 0 bridgehead atoms. The van der Waals surface area contributed by atoms with Crippen LogP contribution in [-0.2, 0) is 19.1 Å². The Morgan fingerprint density at radius 3 is 2.08 bits per heavy atom. The van der Waals surface area contributed by atoms with E-state index in [1.807, 2.05) is 0 Å². The zero-order chi connectivity index (χ0) is 10.6. The van der Waals surface area contributed by atoms with Gasteiger partial charge < -0.3 is 9.53 Å². The van der Waals surface area contributed by atoms with Crippen LogP contribution in [0.1, 0.15) is 0 Å². The van der Waals surface area contributed by atoms with Crippen LogP contribution in [0.4, 0.5) is 13.2 Å². The zero-order valence-corrected chi connectivity index (χ0v) is 6.42. The molecule has 0 fully saturated rings. The van der Waals surface area contributed by atoms with Crippen molar-refractivity contribution in [3.05, 3.63) is 0 Å². The summed E-state index contributed by atoms with van der Waals surface area (Å²) in [6, 6.07) is 0. The summed E-state index contributed by atoms with van der Waals surface area (Å²) >= 11 is 0. The molecule has 0 saturated heterocycles. The maximum absolute atomic E-state index is 11.7. The number of hydrogen-bond acceptors (Lipinski definition) is 4. The molecule has 0 aromatic heterocycles. The zero-order valence-electron chi connectivity index (χ0n) is 6.42. The first-order valence-electron chi connectivity index (χ1n) is 2.98. The van der Waals surface area contributed by atoms with Gasteiger partial charge in [-0.3, -0.25) is 9.59 Å². The summed E-state index contributed by atoms with van der Waals surface area (Å²) in [6.07, 6.45) is -5.61. The highest BCUT2D eigenvalue weighted by atomic mass is 19.4. The maximum Gasteiger partial charge on any atom is 0.451 e. The van der Waals surface area contributed by atoms with Gasteiger partial charge in [-0.1, -0.05) is 0 Å². The molecular weight excluding hydrogens is 193 g/mol. The normalized spacial score (nSPS) is 13.2. The summed E-state index contributed by atoms with van der Waals surface area (Å²) in [5.74, 6) is -6.35. The average molecular weight is 198 g/mol. The molecule has 1 unspecified atom stereocenters. The van der Waals surface area contributed by atoms with E-state index in [9.17, 15) is 27.6 Å². The molecule has 0 saturated carbocycles. The minimum atomic E-state index is -5.21. The number of Topliss-reactive ketones (excluding diaryl/α,β-unsaturated/α-hetero) is 1. The van der Waals surface area contributed by atoms with Crippen LogP contribution in [0.15, 0.2) is 0 Å². The molecule has 4 nitrogen and oxygen atoms in total. The number of esters is 1. The van der Waals surface area contributed by atoms with Gasteiger partial charge in [0.2, 0.25) is 0 Å². The third-order valence-corrected chi connectivity index (χ3v) is 1.15. The molecule has 0 aliphatic heterocycles. The Morgan fingerprint density at radius 1 is 1.38 bits per heavy atom. The number of aldehydes is 1. The number of ketones is 1. The van der Waals surface area contributed by atoms with Crippen LogP contribution in [0.3, 0.4) is 0 Å². The number of carbonyl (C=O) groups is 3. The largest absolute Gasteiger partial charge is 0.468 e. The van der Waals surface area contributed by atoms with Gasteiger partial charge >= 0.3 is 12.1 Å². The van der Waals surface area contributed by atoms with E-state index in [1.54, 1.807) is 0 Å². The number of ether oxygens (including phenoxy) is 1. The Balaban J connectivity index is 4.70. The Kier molecular flexibility index (Phi) is 3.58. The molecule has 1 atom stereocenters. The fraction of sp³-hybridized carbons (Fsp3) is 0.500. The van der Waals surface area contributed by atoms with Crippen molar-refractivity contribution in [3.8, 4) is 0 Å². The highest BCUT2D eigenvalue weighted by molar-refractivity contribution is 6.12. The third kappa shape index (κ3) is 2.85. The minimum absolute atomic E-state index is 0.401. The molecule has 0 heterocycles. The molecule has 0 amide bonds. The third-order valence-electron chi connectivity index (χ3n) is 1.15. The smallest absolute Gasteiger partial charge is 0.451 e. The van der Waals surface area contributed by atoms with E-state index in [4.69, 9.17) is 0 Å². The van der Waals surface area contributed by atoms with E-state index in [-0.39, 0.29) is 0 Å². The van der Waals surface area contributed by atoms with Crippen molar-refractivity contribution < 1.29 is 32.3 Å². The predicted octanol–water partition coefficient (Wildman–Crippen LogP) is 0.106. The second-order valence-corrected chi connectivity index (χ2v) is 2.00. The quantitative estimate of drug-likeness (QED) is 0.366. The lowest BCUT2D eigenvalue weighted by Crippen LogP contribution is -2.36. The van der Waals surface area contributed by atoms with Gasteiger partial charge in [0.05, 0.1) is 7.11 Å². The van der Waals surface area contributed by atoms with E-state index in [0.29, 0.717) is 0 Å². The standard InChI is InChI=1S/C6H5F3O4/c1-13-5(12)3(2-10)4(11)6(7,8)9/h2-3H,1H3. The lowest BCUT2D eigenvalue weighted by Gasteiger charge is -2.08. The van der Waals surface area contributed by atoms with Crippen molar-refractivity contribution in [2.24, 2.45) is 5.92 Å². The van der Waals surface area contributed by atoms with Crippen LogP contribution < -0.4 is 0 Å². The van der Waals surface area contributed by atoms with Crippen molar-refractivity contribution in [2.75, 3.05) is 7.11 Å². The van der Waals surface area contributed by atoms with Gasteiger partial charge in [0.25, 0.3) is 5.78 Å². The van der Waals surface area contributed by atoms with Gasteiger partial charge in [0.1, 0.15) is 6.29 Å². The predicted molar refractivity (Wildman–Crippen MR) is 32.6 cm³/mol. The molecule has 0 aliphatic carbocycles. The van der Waals surface area contributed by atoms with Crippen molar-refractivity contribution in [1.29, 1.82) is 0 Å². The number of halogens is 3. The molecule has 74 valence electrons. The SMILES string of the molecule is COC(=O)C(C=O)C(=O)C(F)(F)F. The monoisotopic (exact) mass is 198 g/mol. The number of alkyl halides is 3. The fourth-order valence-corrected chi connectivity index (χ4v) is 0.528. The van der Waals surface area contributed by atoms with Gasteiger partial charge in [-0.05, 0) is 0 Å². The van der Waals surface area contributed by atoms with Gasteiger partial charge in [-0.15, -0.1) is 0 Å². The van der Waals surface area contributed by atoms with Crippen molar-refractivity contribution in [1.82, 2.24) is 0 Å². The Hall–Kier alpha value is -1.40. The summed E-state index contributed by atoms with van der Waals surface area (Å²) in [6.45, 7) is 0. The summed E-state index contributed by atoms with van der Waals surface area (Å²) in [5, 5.41) is 0. The first-order valence-corrected chi connectivity index (χ1v) is 2.98. The van der Waals surface area contributed by atoms with Gasteiger partial charge in [0.15, 0.2) is 5.92 Å². The van der Waals surface area contributed by atoms with Gasteiger partial charge in [-0.25, -0.2) is 0 Å². The van der Waals surface area contributed by atoms with E-state index in [0.717, 1.165) is 7.11 Å². The van der Waals surface area contributed by atoms with E-state index in [2.05, 4.69) is 4.74 Å². The molecule has 0 radical (unpaired) electrons. The van der Waals surface area contributed by atoms with Crippen LogP contribution in [0.5, 0.6) is 0 Å². The molecule has 0 aromatic rings. The molecular formula is C6H5F3O4. The first kappa shape index (κ1) is 11.6. The number of rotatable bonds is 3. The Labute approximate surface area is 70.7 Å². The fourth-order valence-electron chi connectivity index (χ4n) is 0.528. The maximum atomic E-state index is 11.7. The summed E-state index contributed by atoms with van der Waals surface area (Å²) in [5.41, 5.74) is 0.